The first-order valence-corrected chi connectivity index (χ1v) is 6.76. The summed E-state index contributed by atoms with van der Waals surface area (Å²) in [6, 6.07) is 4.33. The molecule has 3 aromatic rings. The Morgan fingerprint density at radius 1 is 1.30 bits per heavy atom. The van der Waals surface area contributed by atoms with Gasteiger partial charge in [-0.25, -0.2) is 9.37 Å². The van der Waals surface area contributed by atoms with Crippen LogP contribution in [-0.2, 0) is 11.2 Å². The van der Waals surface area contributed by atoms with Crippen molar-refractivity contribution in [1.29, 1.82) is 0 Å². The van der Waals surface area contributed by atoms with Crippen LogP contribution in [0.25, 0.3) is 11.6 Å². The van der Waals surface area contributed by atoms with Crippen molar-refractivity contribution < 1.29 is 13.6 Å². The molecule has 1 N–H and O–H groups in total. The van der Waals surface area contributed by atoms with Crippen LogP contribution in [0.4, 0.5) is 10.1 Å². The molecule has 1 amide bonds. The summed E-state index contributed by atoms with van der Waals surface area (Å²) >= 11 is 0. The van der Waals surface area contributed by atoms with E-state index in [9.17, 15) is 9.18 Å². The number of rotatable bonds is 4. The first-order valence-electron chi connectivity index (χ1n) is 6.76. The SMILES string of the molecule is Cc1cc(NC(=O)Cc2nnc(-c3cnccn3)o2)ccc1F. The monoisotopic (exact) mass is 313 g/mol. The highest BCUT2D eigenvalue weighted by Crippen LogP contribution is 2.16. The number of carbonyl (C=O) groups excluding carboxylic acids is 1. The predicted octanol–water partition coefficient (Wildman–Crippen LogP) is 2.16. The van der Waals surface area contributed by atoms with Crippen LogP contribution in [0.15, 0.2) is 41.2 Å². The van der Waals surface area contributed by atoms with Gasteiger partial charge in [-0.1, -0.05) is 0 Å². The molecule has 116 valence electrons. The largest absolute Gasteiger partial charge is 0.419 e. The highest BCUT2D eigenvalue weighted by Gasteiger charge is 2.13. The molecule has 2 aromatic heterocycles. The second kappa shape index (κ2) is 6.30. The van der Waals surface area contributed by atoms with Gasteiger partial charge in [0.25, 0.3) is 5.89 Å². The molecule has 0 saturated heterocycles. The Bertz CT molecular complexity index is 835. The molecule has 3 rings (SSSR count). The molecule has 0 aliphatic heterocycles. The molecule has 7 nitrogen and oxygen atoms in total. The van der Waals surface area contributed by atoms with Crippen LogP contribution in [0, 0.1) is 12.7 Å². The van der Waals surface area contributed by atoms with Crippen molar-refractivity contribution >= 4 is 11.6 Å². The molecule has 0 unspecified atom stereocenters. The number of amides is 1. The molecular weight excluding hydrogens is 301 g/mol. The maximum Gasteiger partial charge on any atom is 0.267 e. The van der Waals surface area contributed by atoms with E-state index < -0.39 is 0 Å². The van der Waals surface area contributed by atoms with E-state index in [0.29, 0.717) is 16.9 Å². The number of carbonyl (C=O) groups is 1. The molecule has 0 atom stereocenters. The highest BCUT2D eigenvalue weighted by molar-refractivity contribution is 5.91. The maximum atomic E-state index is 13.2. The second-order valence-electron chi connectivity index (χ2n) is 4.78. The van der Waals surface area contributed by atoms with Gasteiger partial charge in [0.2, 0.25) is 11.8 Å². The van der Waals surface area contributed by atoms with E-state index in [1.54, 1.807) is 13.0 Å². The molecule has 0 radical (unpaired) electrons. The molecule has 0 aliphatic rings. The molecule has 0 aliphatic carbocycles. The molecule has 0 fully saturated rings. The topological polar surface area (TPSA) is 93.8 Å². The van der Waals surface area contributed by atoms with Gasteiger partial charge in [-0.15, -0.1) is 10.2 Å². The lowest BCUT2D eigenvalue weighted by Crippen LogP contribution is -2.14. The smallest absolute Gasteiger partial charge is 0.267 e. The third kappa shape index (κ3) is 3.54. The summed E-state index contributed by atoms with van der Waals surface area (Å²) in [4.78, 5) is 19.9. The first kappa shape index (κ1) is 14.8. The van der Waals surface area contributed by atoms with E-state index in [0.717, 1.165) is 0 Å². The molecule has 0 saturated carbocycles. The van der Waals surface area contributed by atoms with Crippen molar-refractivity contribution in [2.24, 2.45) is 0 Å². The number of aryl methyl sites for hydroxylation is 1. The van der Waals surface area contributed by atoms with Crippen molar-refractivity contribution in [1.82, 2.24) is 20.2 Å². The third-order valence-corrected chi connectivity index (χ3v) is 3.00. The summed E-state index contributed by atoms with van der Waals surface area (Å²) in [6.45, 7) is 1.62. The van der Waals surface area contributed by atoms with Gasteiger partial charge in [-0.05, 0) is 30.7 Å². The lowest BCUT2D eigenvalue weighted by atomic mass is 10.2. The van der Waals surface area contributed by atoms with Gasteiger partial charge in [0.1, 0.15) is 17.9 Å². The van der Waals surface area contributed by atoms with Crippen LogP contribution in [0.1, 0.15) is 11.5 Å². The molecular formula is C15H12FN5O2. The Balaban J connectivity index is 1.66. The molecule has 8 heteroatoms. The third-order valence-electron chi connectivity index (χ3n) is 3.00. The van der Waals surface area contributed by atoms with Gasteiger partial charge in [0, 0.05) is 18.1 Å². The van der Waals surface area contributed by atoms with Crippen molar-refractivity contribution in [3.63, 3.8) is 0 Å². The fraction of sp³-hybridized carbons (Fsp3) is 0.133. The van der Waals surface area contributed by atoms with Crippen LogP contribution >= 0.6 is 0 Å². The van der Waals surface area contributed by atoms with E-state index in [4.69, 9.17) is 4.42 Å². The van der Waals surface area contributed by atoms with Crippen LogP contribution in [0.2, 0.25) is 0 Å². The summed E-state index contributed by atoms with van der Waals surface area (Å²) in [5, 5.41) is 10.3. The quantitative estimate of drug-likeness (QED) is 0.793. The van der Waals surface area contributed by atoms with E-state index in [1.165, 1.54) is 30.7 Å². The number of hydrogen-bond acceptors (Lipinski definition) is 6. The minimum absolute atomic E-state index is 0.0936. The van der Waals surface area contributed by atoms with Crippen LogP contribution in [0.3, 0.4) is 0 Å². The van der Waals surface area contributed by atoms with Gasteiger partial charge < -0.3 is 9.73 Å². The van der Waals surface area contributed by atoms with Crippen molar-refractivity contribution in [3.05, 3.63) is 54.1 Å². The average Bonchev–Trinajstić information content (AvgIpc) is 3.00. The van der Waals surface area contributed by atoms with E-state index >= 15 is 0 Å². The Labute approximate surface area is 130 Å². The summed E-state index contributed by atoms with van der Waals surface area (Å²) in [7, 11) is 0. The lowest BCUT2D eigenvalue weighted by Gasteiger charge is -2.05. The van der Waals surface area contributed by atoms with Crippen LogP contribution in [-0.4, -0.2) is 26.1 Å². The fourth-order valence-electron chi connectivity index (χ4n) is 1.90. The summed E-state index contributed by atoms with van der Waals surface area (Å²) < 4.78 is 18.6. The number of halogens is 1. The summed E-state index contributed by atoms with van der Waals surface area (Å²) in [6.07, 6.45) is 4.42. The standard InChI is InChI=1S/C15H12FN5O2/c1-9-6-10(2-3-11(9)16)19-13(22)7-14-20-21-15(23-14)12-8-17-4-5-18-12/h2-6,8H,7H2,1H3,(H,19,22). The highest BCUT2D eigenvalue weighted by atomic mass is 19.1. The van der Waals surface area contributed by atoms with E-state index in [-0.39, 0.29) is 29.9 Å². The molecule has 1 aromatic carbocycles. The van der Waals surface area contributed by atoms with Gasteiger partial charge >= 0.3 is 0 Å². The summed E-state index contributed by atoms with van der Waals surface area (Å²) in [5.41, 5.74) is 1.38. The summed E-state index contributed by atoms with van der Waals surface area (Å²) in [5.74, 6) is -0.320. The van der Waals surface area contributed by atoms with Gasteiger partial charge in [0.05, 0.1) is 6.20 Å². The van der Waals surface area contributed by atoms with E-state index in [1.807, 2.05) is 0 Å². The molecule has 2 heterocycles. The average molecular weight is 313 g/mol. The van der Waals surface area contributed by atoms with Gasteiger partial charge in [-0.3, -0.25) is 9.78 Å². The first-order chi connectivity index (χ1) is 11.1. The van der Waals surface area contributed by atoms with Gasteiger partial charge in [0.15, 0.2) is 0 Å². The minimum Gasteiger partial charge on any atom is -0.419 e. The molecule has 0 bridgehead atoms. The van der Waals surface area contributed by atoms with E-state index in [2.05, 4.69) is 25.5 Å². The van der Waals surface area contributed by atoms with Crippen molar-refractivity contribution in [2.75, 3.05) is 5.32 Å². The number of nitrogens with one attached hydrogen (secondary N) is 1. The van der Waals surface area contributed by atoms with Crippen molar-refractivity contribution in [3.8, 4) is 11.6 Å². The number of aromatic nitrogens is 4. The lowest BCUT2D eigenvalue weighted by molar-refractivity contribution is -0.115. The maximum absolute atomic E-state index is 13.2. The Morgan fingerprint density at radius 2 is 2.17 bits per heavy atom. The second-order valence-corrected chi connectivity index (χ2v) is 4.78. The number of hydrogen-bond donors (Lipinski definition) is 1. The Hall–Kier alpha value is -3.16. The Kier molecular flexibility index (Phi) is 4.05. The predicted molar refractivity (Wildman–Crippen MR) is 78.8 cm³/mol. The van der Waals surface area contributed by atoms with Crippen molar-refractivity contribution in [2.45, 2.75) is 13.3 Å². The van der Waals surface area contributed by atoms with Gasteiger partial charge in [-0.2, -0.15) is 0 Å². The molecule has 0 spiro atoms. The minimum atomic E-state index is -0.342. The fourth-order valence-corrected chi connectivity index (χ4v) is 1.90. The number of benzene rings is 1. The number of nitrogens with zero attached hydrogens (tertiary/aromatic N) is 4. The Morgan fingerprint density at radius 3 is 2.91 bits per heavy atom. The zero-order valence-electron chi connectivity index (χ0n) is 12.2. The zero-order valence-corrected chi connectivity index (χ0v) is 12.2. The zero-order chi connectivity index (χ0) is 16.2. The van der Waals surface area contributed by atoms with Crippen LogP contribution < -0.4 is 5.32 Å². The molecule has 23 heavy (non-hydrogen) atoms. The number of anilines is 1. The normalized spacial score (nSPS) is 10.5. The van der Waals surface area contributed by atoms with Crippen LogP contribution in [0.5, 0.6) is 0 Å².